The van der Waals surface area contributed by atoms with E-state index in [-0.39, 0.29) is 29.9 Å². The molecule has 1 saturated heterocycles. The summed E-state index contributed by atoms with van der Waals surface area (Å²) in [4.78, 5) is 12.7. The van der Waals surface area contributed by atoms with Crippen LogP contribution in [0.25, 0.3) is 0 Å². The van der Waals surface area contributed by atoms with E-state index in [0.717, 1.165) is 23.1 Å². The Labute approximate surface area is 162 Å². The number of hydrogen-bond donors (Lipinski definition) is 2. The van der Waals surface area contributed by atoms with Crippen molar-refractivity contribution in [1.82, 2.24) is 9.62 Å². The number of amides is 1. The van der Waals surface area contributed by atoms with E-state index >= 15 is 0 Å². The number of nitrogens with one attached hydrogen (secondary N) is 2. The summed E-state index contributed by atoms with van der Waals surface area (Å²) >= 11 is 0. The lowest BCUT2D eigenvalue weighted by atomic mass is 10.2. The maximum absolute atomic E-state index is 12.9. The molecule has 2 N–H and O–H groups in total. The summed E-state index contributed by atoms with van der Waals surface area (Å²) in [6.07, 6.45) is -4.61. The maximum atomic E-state index is 12.9. The van der Waals surface area contributed by atoms with Crippen molar-refractivity contribution in [3.63, 3.8) is 0 Å². The number of benzene rings is 1. The highest BCUT2D eigenvalue weighted by Crippen LogP contribution is 2.31. The molecule has 0 aliphatic carbocycles. The van der Waals surface area contributed by atoms with Gasteiger partial charge in [-0.1, -0.05) is 6.07 Å². The second-order valence-corrected chi connectivity index (χ2v) is 8.53. The zero-order valence-electron chi connectivity index (χ0n) is 15.8. The van der Waals surface area contributed by atoms with Gasteiger partial charge in [0, 0.05) is 13.7 Å². The van der Waals surface area contributed by atoms with Crippen LogP contribution in [0.3, 0.4) is 0 Å². The first-order valence-corrected chi connectivity index (χ1v) is 10.3. The van der Waals surface area contributed by atoms with Gasteiger partial charge in [-0.15, -0.1) is 0 Å². The molecule has 11 heteroatoms. The number of nitrogens with zero attached hydrogens (tertiary/aromatic N) is 1. The molecular formula is C17H25F3N3O4S+. The molecule has 0 radical (unpaired) electrons. The maximum Gasteiger partial charge on any atom is 0.416 e. The average Bonchev–Trinajstić information content (AvgIpc) is 2.67. The number of quaternary nitrogens is 1. The zero-order valence-corrected chi connectivity index (χ0v) is 16.6. The van der Waals surface area contributed by atoms with Crippen molar-refractivity contribution in [2.75, 3.05) is 46.4 Å². The Bertz CT molecular complexity index is 778. The van der Waals surface area contributed by atoms with E-state index in [2.05, 4.69) is 5.32 Å². The molecule has 158 valence electrons. The van der Waals surface area contributed by atoms with Gasteiger partial charge in [-0.3, -0.25) is 4.79 Å². The molecule has 2 rings (SSSR count). The van der Waals surface area contributed by atoms with Gasteiger partial charge in [0.25, 0.3) is 5.91 Å². The summed E-state index contributed by atoms with van der Waals surface area (Å²) in [5.41, 5.74) is -1.00. The number of sulfonamides is 1. The van der Waals surface area contributed by atoms with E-state index in [1.807, 2.05) is 0 Å². The quantitative estimate of drug-likeness (QED) is 0.592. The molecule has 1 aliphatic rings. The largest absolute Gasteiger partial charge is 0.416 e. The standard InChI is InChI=1S/C17H24F3N3O4S/c1-13(16(24)21-6-11-27-2)22-7-9-23(10-8-22)28(25,26)15-5-3-4-14(12-15)17(18,19)20/h3-5,12-13H,6-11H2,1-2H3,(H,21,24)/p+1/t13-/m0/s1. The first-order valence-electron chi connectivity index (χ1n) is 8.86. The molecule has 0 unspecified atom stereocenters. The first-order chi connectivity index (χ1) is 13.1. The van der Waals surface area contributed by atoms with Gasteiger partial charge in [-0.2, -0.15) is 17.5 Å². The number of piperazine rings is 1. The third-order valence-corrected chi connectivity index (χ3v) is 6.67. The van der Waals surface area contributed by atoms with Gasteiger partial charge >= 0.3 is 6.18 Å². The predicted octanol–water partition coefficient (Wildman–Crippen LogP) is -0.254. The van der Waals surface area contributed by atoms with Gasteiger partial charge in [0.05, 0.1) is 43.2 Å². The average molecular weight is 424 g/mol. The number of alkyl halides is 3. The number of carbonyl (C=O) groups is 1. The van der Waals surface area contributed by atoms with Gasteiger partial charge in [-0.25, -0.2) is 8.42 Å². The van der Waals surface area contributed by atoms with E-state index in [0.29, 0.717) is 32.3 Å². The van der Waals surface area contributed by atoms with E-state index < -0.39 is 21.8 Å². The molecule has 1 aromatic carbocycles. The van der Waals surface area contributed by atoms with Crippen LogP contribution in [0.1, 0.15) is 12.5 Å². The highest BCUT2D eigenvalue weighted by Gasteiger charge is 2.36. The van der Waals surface area contributed by atoms with Gasteiger partial charge in [0.15, 0.2) is 6.04 Å². The van der Waals surface area contributed by atoms with Crippen molar-refractivity contribution in [1.29, 1.82) is 0 Å². The third-order valence-electron chi connectivity index (χ3n) is 4.77. The van der Waals surface area contributed by atoms with Crippen LogP contribution >= 0.6 is 0 Å². The van der Waals surface area contributed by atoms with Crippen molar-refractivity contribution >= 4 is 15.9 Å². The van der Waals surface area contributed by atoms with Gasteiger partial charge in [-0.05, 0) is 25.1 Å². The molecule has 1 aliphatic heterocycles. The fourth-order valence-electron chi connectivity index (χ4n) is 3.04. The van der Waals surface area contributed by atoms with Crippen molar-refractivity contribution in [2.24, 2.45) is 0 Å². The number of rotatable bonds is 7. The summed E-state index contributed by atoms with van der Waals surface area (Å²) in [7, 11) is -2.50. The van der Waals surface area contributed by atoms with E-state index in [1.165, 1.54) is 11.4 Å². The Morgan fingerprint density at radius 1 is 1.32 bits per heavy atom. The topological polar surface area (TPSA) is 80.2 Å². The molecule has 7 nitrogen and oxygen atoms in total. The molecule has 0 aromatic heterocycles. The van der Waals surface area contributed by atoms with Gasteiger partial charge in [0.2, 0.25) is 10.0 Å². The highest BCUT2D eigenvalue weighted by atomic mass is 32.2. The van der Waals surface area contributed by atoms with E-state index in [9.17, 15) is 26.4 Å². The smallest absolute Gasteiger partial charge is 0.383 e. The summed E-state index contributed by atoms with van der Waals surface area (Å²) in [6, 6.07) is 3.38. The molecule has 28 heavy (non-hydrogen) atoms. The number of carbonyl (C=O) groups excluding carboxylic acids is 1. The highest BCUT2D eigenvalue weighted by molar-refractivity contribution is 7.89. The lowest BCUT2D eigenvalue weighted by molar-refractivity contribution is -0.917. The Balaban J connectivity index is 2.01. The molecule has 0 bridgehead atoms. The second-order valence-electron chi connectivity index (χ2n) is 6.59. The summed E-state index contributed by atoms with van der Waals surface area (Å²) < 4.78 is 70.1. The number of ether oxygens (including phenoxy) is 1. The lowest BCUT2D eigenvalue weighted by Gasteiger charge is -2.34. The molecule has 0 saturated carbocycles. The van der Waals surface area contributed by atoms with Crippen LogP contribution in [0, 0.1) is 0 Å². The Hall–Kier alpha value is -1.69. The fourth-order valence-corrected chi connectivity index (χ4v) is 4.53. The summed E-state index contributed by atoms with van der Waals surface area (Å²) in [5, 5.41) is 2.75. The molecule has 1 fully saturated rings. The minimum atomic E-state index is -4.61. The predicted molar refractivity (Wildman–Crippen MR) is 95.2 cm³/mol. The Morgan fingerprint density at radius 3 is 2.54 bits per heavy atom. The second kappa shape index (κ2) is 9.21. The van der Waals surface area contributed by atoms with Crippen molar-refractivity contribution < 1.29 is 36.0 Å². The van der Waals surface area contributed by atoms with Gasteiger partial charge < -0.3 is 15.0 Å². The van der Waals surface area contributed by atoms with Crippen molar-refractivity contribution in [3.05, 3.63) is 29.8 Å². The van der Waals surface area contributed by atoms with Crippen molar-refractivity contribution in [2.45, 2.75) is 24.0 Å². The van der Waals surface area contributed by atoms with E-state index in [4.69, 9.17) is 4.74 Å². The minimum absolute atomic E-state index is 0.129. The van der Waals surface area contributed by atoms with E-state index in [1.54, 1.807) is 6.92 Å². The monoisotopic (exact) mass is 424 g/mol. The number of methoxy groups -OCH3 is 1. The van der Waals surface area contributed by atoms with Crippen LogP contribution in [-0.4, -0.2) is 71.1 Å². The molecule has 1 aromatic rings. The minimum Gasteiger partial charge on any atom is -0.383 e. The molecule has 1 atom stereocenters. The third kappa shape index (κ3) is 5.43. The van der Waals surface area contributed by atoms with Crippen LogP contribution in [0.2, 0.25) is 0 Å². The van der Waals surface area contributed by atoms with Crippen LogP contribution in [0.5, 0.6) is 0 Å². The summed E-state index contributed by atoms with van der Waals surface area (Å²) in [6.45, 7) is 3.58. The van der Waals surface area contributed by atoms with Crippen LogP contribution < -0.4 is 10.2 Å². The first kappa shape index (κ1) is 22.6. The lowest BCUT2D eigenvalue weighted by Crippen LogP contribution is -3.19. The van der Waals surface area contributed by atoms with Crippen molar-refractivity contribution in [3.8, 4) is 0 Å². The molecular weight excluding hydrogens is 399 g/mol. The fraction of sp³-hybridized carbons (Fsp3) is 0.588. The van der Waals surface area contributed by atoms with Crippen LogP contribution in [-0.2, 0) is 25.7 Å². The van der Waals surface area contributed by atoms with Gasteiger partial charge in [0.1, 0.15) is 0 Å². The Morgan fingerprint density at radius 2 is 1.96 bits per heavy atom. The molecule has 1 amide bonds. The molecule has 1 heterocycles. The Kier molecular flexibility index (Phi) is 7.43. The normalized spacial score (nSPS) is 18.0. The SMILES string of the molecule is COCCNC(=O)[C@H](C)[NH+]1CCN(S(=O)(=O)c2cccc(C(F)(F)F)c2)CC1. The zero-order chi connectivity index (χ0) is 20.9. The number of hydrogen-bond acceptors (Lipinski definition) is 4. The van der Waals surface area contributed by atoms with Crippen LogP contribution in [0.15, 0.2) is 29.2 Å². The summed E-state index contributed by atoms with van der Waals surface area (Å²) in [5.74, 6) is -0.152. The number of halogens is 3. The molecule has 0 spiro atoms. The van der Waals surface area contributed by atoms with Crippen LogP contribution in [0.4, 0.5) is 13.2 Å².